The fourth-order valence-corrected chi connectivity index (χ4v) is 6.58. The van der Waals surface area contributed by atoms with Gasteiger partial charge in [-0.25, -0.2) is 9.59 Å². The Morgan fingerprint density at radius 3 is 2.24 bits per heavy atom. The standard InChI is InChI=1S/C33H38N4O7S2/c1-19(2)15-25(29(39)35-26(18-45)28(38)34-14-13-20-7-9-21(10-8-20)30(40)41)36-32(44)33(16-22-5-3-4-6-24(22)37-33)17-23-11-12-27(46-23)31(42)43/h3-12,19,25-26,37,45H,13-18H2,1-2H3,(H,34,38)(H,35,39)(H,36,44)(H,40,41)(H,42,43)/t25-,26-,33?/m0/s1. The molecule has 0 saturated heterocycles. The molecule has 0 bridgehead atoms. The Kier molecular flexibility index (Phi) is 11.5. The first kappa shape index (κ1) is 34.5. The van der Waals surface area contributed by atoms with Crippen molar-refractivity contribution in [3.05, 3.63) is 87.1 Å². The lowest BCUT2D eigenvalue weighted by Crippen LogP contribution is -2.60. The van der Waals surface area contributed by atoms with Crippen molar-refractivity contribution in [2.75, 3.05) is 17.6 Å². The van der Waals surface area contributed by atoms with Crippen molar-refractivity contribution in [3.8, 4) is 0 Å². The molecule has 4 rings (SSSR count). The summed E-state index contributed by atoms with van der Waals surface area (Å²) in [6, 6.07) is 15.2. The van der Waals surface area contributed by atoms with Crippen LogP contribution in [-0.4, -0.2) is 69.8 Å². The Morgan fingerprint density at radius 2 is 1.63 bits per heavy atom. The van der Waals surface area contributed by atoms with E-state index < -0.39 is 47.3 Å². The number of amides is 3. The van der Waals surface area contributed by atoms with Gasteiger partial charge >= 0.3 is 11.9 Å². The highest BCUT2D eigenvalue weighted by Gasteiger charge is 2.45. The quantitative estimate of drug-likeness (QED) is 0.121. The molecule has 0 aliphatic carbocycles. The van der Waals surface area contributed by atoms with Crippen molar-refractivity contribution in [1.29, 1.82) is 0 Å². The highest BCUT2D eigenvalue weighted by atomic mass is 32.1. The molecular formula is C33H38N4O7S2. The molecule has 2 heterocycles. The van der Waals surface area contributed by atoms with Gasteiger partial charge in [-0.15, -0.1) is 11.3 Å². The van der Waals surface area contributed by atoms with Gasteiger partial charge in [-0.3, -0.25) is 14.4 Å². The fraction of sp³-hybridized carbons (Fsp3) is 0.364. The Labute approximate surface area is 276 Å². The second-order valence-electron chi connectivity index (χ2n) is 11.7. The zero-order valence-corrected chi connectivity index (χ0v) is 27.3. The summed E-state index contributed by atoms with van der Waals surface area (Å²) in [4.78, 5) is 64.1. The number of hydrogen-bond donors (Lipinski definition) is 7. The minimum atomic E-state index is -1.16. The van der Waals surface area contributed by atoms with Crippen LogP contribution < -0.4 is 21.3 Å². The van der Waals surface area contributed by atoms with Crippen LogP contribution in [0.3, 0.4) is 0 Å². The molecule has 1 aromatic heterocycles. The average molecular weight is 667 g/mol. The van der Waals surface area contributed by atoms with Gasteiger partial charge in [0.25, 0.3) is 0 Å². The van der Waals surface area contributed by atoms with E-state index in [2.05, 4.69) is 33.9 Å². The van der Waals surface area contributed by atoms with Crippen LogP contribution in [0.4, 0.5) is 5.69 Å². The number of fused-ring (bicyclic) bond motifs is 1. The number of hydrogen-bond acceptors (Lipinski definition) is 8. The molecule has 0 saturated carbocycles. The Morgan fingerprint density at radius 1 is 0.913 bits per heavy atom. The van der Waals surface area contributed by atoms with Crippen molar-refractivity contribution in [1.82, 2.24) is 16.0 Å². The van der Waals surface area contributed by atoms with Gasteiger partial charge in [-0.1, -0.05) is 44.2 Å². The normalized spacial score (nSPS) is 16.5. The molecule has 1 aliphatic heterocycles. The van der Waals surface area contributed by atoms with Crippen LogP contribution in [-0.2, 0) is 33.6 Å². The van der Waals surface area contributed by atoms with Crippen LogP contribution in [0.15, 0.2) is 60.7 Å². The molecule has 1 unspecified atom stereocenters. The molecule has 244 valence electrons. The number of para-hydroxylation sites is 1. The summed E-state index contributed by atoms with van der Waals surface area (Å²) in [5, 5.41) is 30.3. The first-order valence-corrected chi connectivity index (χ1v) is 16.4. The van der Waals surface area contributed by atoms with Gasteiger partial charge < -0.3 is 31.5 Å². The molecule has 2 aromatic carbocycles. The molecular weight excluding hydrogens is 629 g/mol. The van der Waals surface area contributed by atoms with Gasteiger partial charge in [0.05, 0.1) is 5.56 Å². The number of rotatable bonds is 15. The average Bonchev–Trinajstić information content (AvgIpc) is 3.64. The molecule has 46 heavy (non-hydrogen) atoms. The number of carbonyl (C=O) groups excluding carboxylic acids is 3. The maximum absolute atomic E-state index is 14.1. The maximum Gasteiger partial charge on any atom is 0.345 e. The molecule has 3 aromatic rings. The van der Waals surface area contributed by atoms with E-state index >= 15 is 0 Å². The molecule has 3 amide bonds. The van der Waals surface area contributed by atoms with E-state index in [1.165, 1.54) is 18.2 Å². The maximum atomic E-state index is 14.1. The molecule has 1 aliphatic rings. The van der Waals surface area contributed by atoms with E-state index in [9.17, 15) is 29.1 Å². The predicted molar refractivity (Wildman–Crippen MR) is 179 cm³/mol. The zero-order chi connectivity index (χ0) is 33.4. The lowest BCUT2D eigenvalue weighted by Gasteiger charge is -2.31. The van der Waals surface area contributed by atoms with Crippen molar-refractivity contribution in [3.63, 3.8) is 0 Å². The summed E-state index contributed by atoms with van der Waals surface area (Å²) in [5.74, 6) is -3.35. The highest BCUT2D eigenvalue weighted by Crippen LogP contribution is 2.36. The van der Waals surface area contributed by atoms with Gasteiger partial charge in [0.2, 0.25) is 17.7 Å². The minimum Gasteiger partial charge on any atom is -0.478 e. The number of carboxylic acids is 2. The van der Waals surface area contributed by atoms with Gasteiger partial charge in [-0.2, -0.15) is 12.6 Å². The van der Waals surface area contributed by atoms with Gasteiger partial charge in [0.15, 0.2) is 0 Å². The number of nitrogens with one attached hydrogen (secondary N) is 4. The van der Waals surface area contributed by atoms with Crippen molar-refractivity contribution >= 4 is 59.3 Å². The third-order valence-corrected chi connectivity index (χ3v) is 9.16. The van der Waals surface area contributed by atoms with Gasteiger partial charge in [-0.05, 0) is 60.2 Å². The largest absolute Gasteiger partial charge is 0.478 e. The predicted octanol–water partition coefficient (Wildman–Crippen LogP) is 3.40. The molecule has 13 heteroatoms. The zero-order valence-electron chi connectivity index (χ0n) is 25.5. The van der Waals surface area contributed by atoms with Crippen molar-refractivity contribution in [2.24, 2.45) is 5.92 Å². The van der Waals surface area contributed by atoms with E-state index in [1.54, 1.807) is 18.2 Å². The Hall–Kier alpha value is -4.36. The Balaban J connectivity index is 1.44. The first-order chi connectivity index (χ1) is 21.9. The SMILES string of the molecule is CC(C)C[C@H](NC(=O)C1(Cc2ccc(C(=O)O)s2)Cc2ccccc2N1)C(=O)N[C@@H](CS)C(=O)NCCc1ccc(C(=O)O)cc1. The van der Waals surface area contributed by atoms with Gasteiger partial charge in [0, 0.05) is 35.7 Å². The van der Waals surface area contributed by atoms with E-state index in [4.69, 9.17) is 5.11 Å². The smallest absolute Gasteiger partial charge is 0.345 e. The third-order valence-electron chi connectivity index (χ3n) is 7.72. The molecule has 0 fully saturated rings. The number of carbonyl (C=O) groups is 5. The number of benzene rings is 2. The first-order valence-electron chi connectivity index (χ1n) is 14.9. The monoisotopic (exact) mass is 666 g/mol. The van der Waals surface area contributed by atoms with E-state index in [1.807, 2.05) is 38.1 Å². The Bertz CT molecular complexity index is 1560. The number of carboxylic acid groups (broad SMARTS) is 2. The van der Waals surface area contributed by atoms with E-state index in [-0.39, 0.29) is 35.1 Å². The summed E-state index contributed by atoms with van der Waals surface area (Å²) in [7, 11) is 0. The molecule has 0 spiro atoms. The van der Waals surface area contributed by atoms with Crippen LogP contribution in [0.25, 0.3) is 0 Å². The minimum absolute atomic E-state index is 0.0261. The lowest BCUT2D eigenvalue weighted by atomic mass is 9.88. The van der Waals surface area contributed by atoms with E-state index in [0.717, 1.165) is 28.2 Å². The number of aromatic carboxylic acids is 2. The van der Waals surface area contributed by atoms with Crippen LogP contribution in [0.1, 0.15) is 56.3 Å². The van der Waals surface area contributed by atoms with Crippen LogP contribution in [0.5, 0.6) is 0 Å². The topological polar surface area (TPSA) is 174 Å². The van der Waals surface area contributed by atoms with Crippen molar-refractivity contribution in [2.45, 2.75) is 57.2 Å². The van der Waals surface area contributed by atoms with Crippen LogP contribution >= 0.6 is 24.0 Å². The summed E-state index contributed by atoms with van der Waals surface area (Å²) in [6.45, 7) is 4.12. The second-order valence-corrected chi connectivity index (χ2v) is 13.3. The summed E-state index contributed by atoms with van der Waals surface area (Å²) in [6.07, 6.45) is 1.32. The summed E-state index contributed by atoms with van der Waals surface area (Å²) >= 11 is 5.38. The highest BCUT2D eigenvalue weighted by molar-refractivity contribution is 7.80. The second kappa shape index (κ2) is 15.3. The third kappa shape index (κ3) is 8.67. The van der Waals surface area contributed by atoms with Crippen LogP contribution in [0, 0.1) is 5.92 Å². The van der Waals surface area contributed by atoms with Gasteiger partial charge in [0.1, 0.15) is 22.5 Å². The van der Waals surface area contributed by atoms with E-state index in [0.29, 0.717) is 24.1 Å². The van der Waals surface area contributed by atoms with Crippen molar-refractivity contribution < 1.29 is 34.2 Å². The molecule has 6 N–H and O–H groups in total. The molecule has 11 nitrogen and oxygen atoms in total. The number of thiophene rings is 1. The molecule has 3 atom stereocenters. The fourth-order valence-electron chi connectivity index (χ4n) is 5.37. The lowest BCUT2D eigenvalue weighted by molar-refractivity contribution is -0.133. The van der Waals surface area contributed by atoms with Crippen LogP contribution in [0.2, 0.25) is 0 Å². The summed E-state index contributed by atoms with van der Waals surface area (Å²) in [5.41, 5.74) is 1.58. The number of thiol groups is 1. The molecule has 0 radical (unpaired) electrons. The summed E-state index contributed by atoms with van der Waals surface area (Å²) < 4.78 is 0. The number of anilines is 1.